The maximum absolute atomic E-state index is 14.7. The number of nitrogens with zero attached hydrogens (tertiary/aromatic N) is 2. The molecule has 1 atom stereocenters. The van der Waals surface area contributed by atoms with Crippen molar-refractivity contribution >= 4 is 39.1 Å². The molecular weight excluding hydrogens is 541 g/mol. The van der Waals surface area contributed by atoms with Crippen LogP contribution in [0.25, 0.3) is 0 Å². The summed E-state index contributed by atoms with van der Waals surface area (Å²) in [6.07, 6.45) is 2.73. The number of anilines is 1. The van der Waals surface area contributed by atoms with Gasteiger partial charge in [-0.2, -0.15) is 0 Å². The van der Waals surface area contributed by atoms with E-state index in [0.29, 0.717) is 17.1 Å². The van der Waals surface area contributed by atoms with Gasteiger partial charge < -0.3 is 10.2 Å². The molecule has 0 aliphatic rings. The Morgan fingerprint density at radius 3 is 2.26 bits per heavy atom. The average Bonchev–Trinajstić information content (AvgIpc) is 2.90. The smallest absolute Gasteiger partial charge is 0.244 e. The Labute approximate surface area is 234 Å². The summed E-state index contributed by atoms with van der Waals surface area (Å²) >= 11 is 6.42. The van der Waals surface area contributed by atoms with Gasteiger partial charge in [0, 0.05) is 24.5 Å². The van der Waals surface area contributed by atoms with Crippen LogP contribution in [0.5, 0.6) is 0 Å². The van der Waals surface area contributed by atoms with Gasteiger partial charge in [-0.15, -0.1) is 0 Å². The molecule has 10 heteroatoms. The summed E-state index contributed by atoms with van der Waals surface area (Å²) in [5, 5.41) is 3.30. The minimum atomic E-state index is -4.05. The van der Waals surface area contributed by atoms with E-state index < -0.39 is 34.3 Å². The molecule has 0 aliphatic carbocycles. The number of carbonyl (C=O) groups excluding carboxylic acids is 2. The fourth-order valence-corrected chi connectivity index (χ4v) is 5.16. The highest BCUT2D eigenvalue weighted by atomic mass is 35.5. The van der Waals surface area contributed by atoms with Crippen molar-refractivity contribution in [3.05, 3.63) is 101 Å². The molecule has 3 aromatic rings. The van der Waals surface area contributed by atoms with Crippen LogP contribution >= 0.6 is 11.6 Å². The zero-order chi connectivity index (χ0) is 28.4. The van der Waals surface area contributed by atoms with Crippen LogP contribution in [0.4, 0.5) is 10.1 Å². The molecule has 0 radical (unpaired) electrons. The van der Waals surface area contributed by atoms with Gasteiger partial charge in [0.25, 0.3) is 0 Å². The van der Waals surface area contributed by atoms with Crippen LogP contribution in [0.2, 0.25) is 5.02 Å². The molecule has 0 saturated carbocycles. The average molecular weight is 574 g/mol. The van der Waals surface area contributed by atoms with Gasteiger partial charge in [0.2, 0.25) is 21.8 Å². The third-order valence-corrected chi connectivity index (χ3v) is 7.69. The zero-order valence-electron chi connectivity index (χ0n) is 22.0. The number of para-hydroxylation sites is 1. The molecule has 0 aliphatic heterocycles. The summed E-state index contributed by atoms with van der Waals surface area (Å²) in [4.78, 5) is 28.8. The summed E-state index contributed by atoms with van der Waals surface area (Å²) in [6.45, 7) is 1.69. The van der Waals surface area contributed by atoms with Gasteiger partial charge in [-0.3, -0.25) is 13.9 Å². The predicted molar refractivity (Wildman–Crippen MR) is 152 cm³/mol. The lowest BCUT2D eigenvalue weighted by molar-refractivity contribution is -0.140. The molecule has 0 aromatic heterocycles. The molecule has 0 heterocycles. The van der Waals surface area contributed by atoms with Crippen molar-refractivity contribution in [2.75, 3.05) is 23.7 Å². The third kappa shape index (κ3) is 8.53. The van der Waals surface area contributed by atoms with Crippen LogP contribution in [0.15, 0.2) is 78.9 Å². The molecule has 0 unspecified atom stereocenters. The number of rotatable bonds is 13. The maximum Gasteiger partial charge on any atom is 0.244 e. The second-order valence-electron chi connectivity index (χ2n) is 9.18. The van der Waals surface area contributed by atoms with Gasteiger partial charge in [0.05, 0.1) is 11.9 Å². The van der Waals surface area contributed by atoms with E-state index in [0.717, 1.165) is 35.0 Å². The normalized spacial score (nSPS) is 12.0. The highest BCUT2D eigenvalue weighted by Gasteiger charge is 2.33. The monoisotopic (exact) mass is 573 g/mol. The number of sulfonamides is 1. The van der Waals surface area contributed by atoms with Gasteiger partial charge in [0.1, 0.15) is 18.4 Å². The highest BCUT2D eigenvalue weighted by molar-refractivity contribution is 7.92. The second-order valence-corrected chi connectivity index (χ2v) is 11.5. The maximum atomic E-state index is 14.7. The van der Waals surface area contributed by atoms with Crippen LogP contribution in [0.1, 0.15) is 30.9 Å². The van der Waals surface area contributed by atoms with E-state index in [9.17, 15) is 22.4 Å². The molecule has 0 spiro atoms. The molecule has 0 bridgehead atoms. The minimum absolute atomic E-state index is 0.0495. The Hall–Kier alpha value is -3.43. The number of unbranched alkanes of at least 4 members (excludes halogenated alkanes) is 1. The van der Waals surface area contributed by atoms with E-state index in [4.69, 9.17) is 11.6 Å². The second kappa shape index (κ2) is 14.1. The number of benzene rings is 3. The SMILES string of the molecule is CCCCNC(=O)[C@@H](Cc1ccccc1)N(Cc1ccccc1Cl)C(=O)CN(c1ccccc1F)S(C)(=O)=O. The fraction of sp³-hybridized carbons (Fsp3) is 0.310. The highest BCUT2D eigenvalue weighted by Crippen LogP contribution is 2.24. The lowest BCUT2D eigenvalue weighted by Crippen LogP contribution is -2.53. The van der Waals surface area contributed by atoms with Crippen molar-refractivity contribution in [1.82, 2.24) is 10.2 Å². The van der Waals surface area contributed by atoms with E-state index in [1.54, 1.807) is 24.3 Å². The third-order valence-electron chi connectivity index (χ3n) is 6.20. The fourth-order valence-electron chi connectivity index (χ4n) is 4.12. The first-order valence-corrected chi connectivity index (χ1v) is 14.9. The van der Waals surface area contributed by atoms with Gasteiger partial charge in [-0.25, -0.2) is 12.8 Å². The first-order valence-electron chi connectivity index (χ1n) is 12.7. The van der Waals surface area contributed by atoms with E-state index in [1.165, 1.54) is 23.1 Å². The molecular formula is C29H33ClFN3O4S. The van der Waals surface area contributed by atoms with Gasteiger partial charge in [-0.05, 0) is 35.7 Å². The molecule has 0 fully saturated rings. The van der Waals surface area contributed by atoms with Crippen LogP contribution in [0, 0.1) is 5.82 Å². The van der Waals surface area contributed by atoms with E-state index in [2.05, 4.69) is 5.32 Å². The Kier molecular flexibility index (Phi) is 10.9. The molecule has 7 nitrogen and oxygen atoms in total. The number of carbonyl (C=O) groups is 2. The van der Waals surface area contributed by atoms with Crippen molar-refractivity contribution in [3.63, 3.8) is 0 Å². The summed E-state index contributed by atoms with van der Waals surface area (Å²) in [5.74, 6) is -1.83. The topological polar surface area (TPSA) is 86.8 Å². The van der Waals surface area contributed by atoms with Crippen LogP contribution < -0.4 is 9.62 Å². The van der Waals surface area contributed by atoms with E-state index in [1.807, 2.05) is 37.3 Å². The summed E-state index contributed by atoms with van der Waals surface area (Å²) in [7, 11) is -4.05. The van der Waals surface area contributed by atoms with Crippen molar-refractivity contribution in [1.29, 1.82) is 0 Å². The first kappa shape index (κ1) is 30.1. The van der Waals surface area contributed by atoms with Crippen molar-refractivity contribution in [3.8, 4) is 0 Å². The Balaban J connectivity index is 2.05. The Morgan fingerprint density at radius 1 is 0.974 bits per heavy atom. The molecule has 3 aromatic carbocycles. The number of hydrogen-bond acceptors (Lipinski definition) is 4. The van der Waals surface area contributed by atoms with Crippen LogP contribution in [0.3, 0.4) is 0 Å². The van der Waals surface area contributed by atoms with Gasteiger partial charge in [0.15, 0.2) is 0 Å². The minimum Gasteiger partial charge on any atom is -0.354 e. The summed E-state index contributed by atoms with van der Waals surface area (Å²) in [5.41, 5.74) is 1.15. The predicted octanol–water partition coefficient (Wildman–Crippen LogP) is 4.80. The molecule has 3 rings (SSSR count). The molecule has 1 N–H and O–H groups in total. The van der Waals surface area contributed by atoms with Gasteiger partial charge >= 0.3 is 0 Å². The molecule has 0 saturated heterocycles. The van der Waals surface area contributed by atoms with Crippen molar-refractivity contribution < 1.29 is 22.4 Å². The number of hydrogen-bond donors (Lipinski definition) is 1. The van der Waals surface area contributed by atoms with Crippen molar-refractivity contribution in [2.24, 2.45) is 0 Å². The molecule has 2 amide bonds. The zero-order valence-corrected chi connectivity index (χ0v) is 23.6. The number of halogens is 2. The van der Waals surface area contributed by atoms with E-state index >= 15 is 0 Å². The first-order chi connectivity index (χ1) is 18.6. The Morgan fingerprint density at radius 2 is 1.62 bits per heavy atom. The van der Waals surface area contributed by atoms with Crippen molar-refractivity contribution in [2.45, 2.75) is 38.8 Å². The number of nitrogens with one attached hydrogen (secondary N) is 1. The lowest BCUT2D eigenvalue weighted by Gasteiger charge is -2.33. The van der Waals surface area contributed by atoms with Crippen LogP contribution in [-0.4, -0.2) is 50.5 Å². The van der Waals surface area contributed by atoms with E-state index in [-0.39, 0.29) is 24.6 Å². The summed E-state index contributed by atoms with van der Waals surface area (Å²) < 4.78 is 40.8. The van der Waals surface area contributed by atoms with Crippen LogP contribution in [-0.2, 0) is 32.6 Å². The largest absolute Gasteiger partial charge is 0.354 e. The quantitative estimate of drug-likeness (QED) is 0.298. The lowest BCUT2D eigenvalue weighted by atomic mass is 10.0. The molecule has 39 heavy (non-hydrogen) atoms. The summed E-state index contributed by atoms with van der Waals surface area (Å²) in [6, 6.07) is 20.5. The van der Waals surface area contributed by atoms with Gasteiger partial charge in [-0.1, -0.05) is 85.6 Å². The molecule has 208 valence electrons. The Bertz CT molecular complexity index is 1370. The number of amides is 2. The standard InChI is InChI=1S/C29H33ClFN3O4S/c1-3-4-18-32-29(36)27(19-22-12-6-5-7-13-22)33(20-23-14-8-9-15-24(23)30)28(35)21-34(39(2,37)38)26-17-11-10-16-25(26)31/h5-17,27H,3-4,18-21H2,1-2H3,(H,32,36)/t27-/m1/s1.